The number of rotatable bonds is 4. The second-order valence-electron chi connectivity index (χ2n) is 5.75. The minimum absolute atomic E-state index is 0. The van der Waals surface area contributed by atoms with Crippen LogP contribution in [0.5, 0.6) is 0 Å². The molecule has 1 fully saturated rings. The third-order valence-corrected chi connectivity index (χ3v) is 4.31. The molecule has 1 aromatic carbocycles. The van der Waals surface area contributed by atoms with E-state index in [1.165, 1.54) is 0 Å². The van der Waals surface area contributed by atoms with Crippen molar-refractivity contribution >= 4 is 24.0 Å². The molecule has 7 nitrogen and oxygen atoms in total. The minimum atomic E-state index is -0.758. The number of amides is 1. The summed E-state index contributed by atoms with van der Waals surface area (Å²) < 4.78 is 7.39. The molecule has 1 amide bonds. The first-order valence-corrected chi connectivity index (χ1v) is 7.66. The molecule has 8 heteroatoms. The molecule has 1 aromatic heterocycles. The van der Waals surface area contributed by atoms with Gasteiger partial charge in [-0.05, 0) is 38.1 Å². The van der Waals surface area contributed by atoms with E-state index < -0.39 is 5.60 Å². The SMILES string of the molecule is COC1(C(=O)Nc2cccc(-c3nncn3C)c2)CCNCC1.Cl. The van der Waals surface area contributed by atoms with Crippen LogP contribution >= 0.6 is 12.4 Å². The third-order valence-electron chi connectivity index (χ3n) is 4.31. The summed E-state index contributed by atoms with van der Waals surface area (Å²) in [6, 6.07) is 7.59. The fraction of sp³-hybridized carbons (Fsp3) is 0.438. The van der Waals surface area contributed by atoms with Gasteiger partial charge in [0.15, 0.2) is 5.82 Å². The number of ether oxygens (including phenoxy) is 1. The zero-order chi connectivity index (χ0) is 16.3. The lowest BCUT2D eigenvalue weighted by molar-refractivity contribution is -0.140. The van der Waals surface area contributed by atoms with Crippen molar-refractivity contribution in [1.82, 2.24) is 20.1 Å². The van der Waals surface area contributed by atoms with Crippen LogP contribution in [-0.4, -0.2) is 46.5 Å². The van der Waals surface area contributed by atoms with Crippen LogP contribution in [0.15, 0.2) is 30.6 Å². The normalized spacial score (nSPS) is 16.2. The van der Waals surface area contributed by atoms with Crippen LogP contribution in [0.3, 0.4) is 0 Å². The molecule has 0 spiro atoms. The molecule has 0 aliphatic carbocycles. The average Bonchev–Trinajstić information content (AvgIpc) is 3.01. The summed E-state index contributed by atoms with van der Waals surface area (Å²) in [5.74, 6) is 0.654. The van der Waals surface area contributed by atoms with Crippen LogP contribution in [0, 0.1) is 0 Å². The van der Waals surface area contributed by atoms with E-state index in [1.807, 2.05) is 35.9 Å². The van der Waals surface area contributed by atoms with Gasteiger partial charge in [-0.1, -0.05) is 12.1 Å². The minimum Gasteiger partial charge on any atom is -0.368 e. The Morgan fingerprint density at radius 1 is 1.38 bits per heavy atom. The van der Waals surface area contributed by atoms with Crippen molar-refractivity contribution in [1.29, 1.82) is 0 Å². The summed E-state index contributed by atoms with van der Waals surface area (Å²) >= 11 is 0. The predicted molar refractivity (Wildman–Crippen MR) is 94.2 cm³/mol. The monoisotopic (exact) mass is 351 g/mol. The fourth-order valence-electron chi connectivity index (χ4n) is 2.88. The number of aryl methyl sites for hydroxylation is 1. The molecule has 0 atom stereocenters. The molecule has 2 heterocycles. The number of aromatic nitrogens is 3. The van der Waals surface area contributed by atoms with Gasteiger partial charge in [0.1, 0.15) is 11.9 Å². The van der Waals surface area contributed by atoms with Crippen molar-refractivity contribution in [2.75, 3.05) is 25.5 Å². The Morgan fingerprint density at radius 3 is 2.75 bits per heavy atom. The maximum atomic E-state index is 12.7. The lowest BCUT2D eigenvalue weighted by Crippen LogP contribution is -2.51. The van der Waals surface area contributed by atoms with E-state index in [-0.39, 0.29) is 18.3 Å². The molecule has 0 unspecified atom stereocenters. The molecular formula is C16H22ClN5O2. The van der Waals surface area contributed by atoms with Gasteiger partial charge in [0, 0.05) is 25.4 Å². The highest BCUT2D eigenvalue weighted by Gasteiger charge is 2.39. The van der Waals surface area contributed by atoms with Crippen molar-refractivity contribution in [2.45, 2.75) is 18.4 Å². The maximum absolute atomic E-state index is 12.7. The van der Waals surface area contributed by atoms with Crippen LogP contribution in [-0.2, 0) is 16.6 Å². The van der Waals surface area contributed by atoms with E-state index in [2.05, 4.69) is 20.8 Å². The van der Waals surface area contributed by atoms with Gasteiger partial charge in [0.25, 0.3) is 5.91 Å². The van der Waals surface area contributed by atoms with Crippen LogP contribution < -0.4 is 10.6 Å². The highest BCUT2D eigenvalue weighted by Crippen LogP contribution is 2.26. The van der Waals surface area contributed by atoms with E-state index in [0.717, 1.165) is 30.2 Å². The molecule has 24 heavy (non-hydrogen) atoms. The molecule has 1 aliphatic heterocycles. The molecule has 130 valence electrons. The fourth-order valence-corrected chi connectivity index (χ4v) is 2.88. The molecule has 0 radical (unpaired) electrons. The Hall–Kier alpha value is -1.96. The van der Waals surface area contributed by atoms with Crippen LogP contribution in [0.2, 0.25) is 0 Å². The summed E-state index contributed by atoms with van der Waals surface area (Å²) in [6.07, 6.45) is 2.98. The molecule has 0 bridgehead atoms. The van der Waals surface area contributed by atoms with E-state index >= 15 is 0 Å². The van der Waals surface area contributed by atoms with Gasteiger partial charge >= 0.3 is 0 Å². The standard InChI is InChI=1S/C16H21N5O2.ClH/c1-21-11-18-20-14(21)12-4-3-5-13(10-12)19-15(22)16(23-2)6-8-17-9-7-16;/h3-5,10-11,17H,6-9H2,1-2H3,(H,19,22);1H. The number of hydrogen-bond acceptors (Lipinski definition) is 5. The van der Waals surface area contributed by atoms with Gasteiger partial charge in [-0.15, -0.1) is 22.6 Å². The van der Waals surface area contributed by atoms with Crippen LogP contribution in [0.25, 0.3) is 11.4 Å². The number of carbonyl (C=O) groups excluding carboxylic acids is 1. The van der Waals surface area contributed by atoms with Gasteiger partial charge in [-0.25, -0.2) is 0 Å². The zero-order valence-electron chi connectivity index (χ0n) is 13.8. The topological polar surface area (TPSA) is 81.1 Å². The summed E-state index contributed by atoms with van der Waals surface area (Å²) in [5, 5.41) is 14.2. The van der Waals surface area contributed by atoms with Crippen molar-refractivity contribution in [2.24, 2.45) is 7.05 Å². The van der Waals surface area contributed by atoms with E-state index in [0.29, 0.717) is 12.8 Å². The van der Waals surface area contributed by atoms with Crippen molar-refractivity contribution in [3.63, 3.8) is 0 Å². The van der Waals surface area contributed by atoms with Crippen molar-refractivity contribution < 1.29 is 9.53 Å². The Morgan fingerprint density at radius 2 is 2.12 bits per heavy atom. The summed E-state index contributed by atoms with van der Waals surface area (Å²) in [6.45, 7) is 1.56. The number of carbonyl (C=O) groups is 1. The van der Waals surface area contributed by atoms with Gasteiger partial charge in [-0.3, -0.25) is 4.79 Å². The smallest absolute Gasteiger partial charge is 0.256 e. The van der Waals surface area contributed by atoms with E-state index in [9.17, 15) is 4.79 Å². The molecular weight excluding hydrogens is 330 g/mol. The molecule has 1 saturated heterocycles. The zero-order valence-corrected chi connectivity index (χ0v) is 14.6. The number of piperidine rings is 1. The number of nitrogens with one attached hydrogen (secondary N) is 2. The predicted octanol–water partition coefficient (Wildman–Crippen LogP) is 1.61. The van der Waals surface area contributed by atoms with E-state index in [1.54, 1.807) is 13.4 Å². The molecule has 2 N–H and O–H groups in total. The van der Waals surface area contributed by atoms with E-state index in [4.69, 9.17) is 4.74 Å². The number of halogens is 1. The number of benzene rings is 1. The van der Waals surface area contributed by atoms with Crippen molar-refractivity contribution in [3.8, 4) is 11.4 Å². The van der Waals surface area contributed by atoms with Crippen molar-refractivity contribution in [3.05, 3.63) is 30.6 Å². The number of hydrogen-bond donors (Lipinski definition) is 2. The lowest BCUT2D eigenvalue weighted by atomic mass is 9.91. The highest BCUT2D eigenvalue weighted by molar-refractivity contribution is 5.97. The Balaban J connectivity index is 0.00000208. The molecule has 1 aliphatic rings. The summed E-state index contributed by atoms with van der Waals surface area (Å²) in [7, 11) is 3.48. The second kappa shape index (κ2) is 7.74. The van der Waals surface area contributed by atoms with Crippen LogP contribution in [0.4, 0.5) is 5.69 Å². The first-order chi connectivity index (χ1) is 11.1. The number of methoxy groups -OCH3 is 1. The molecule has 2 aromatic rings. The maximum Gasteiger partial charge on any atom is 0.256 e. The molecule has 0 saturated carbocycles. The van der Waals surface area contributed by atoms with Crippen LogP contribution in [0.1, 0.15) is 12.8 Å². The van der Waals surface area contributed by atoms with Gasteiger partial charge in [0.2, 0.25) is 0 Å². The number of anilines is 1. The average molecular weight is 352 g/mol. The first kappa shape index (κ1) is 18.4. The Labute approximate surface area is 147 Å². The summed E-state index contributed by atoms with van der Waals surface area (Å²) in [4.78, 5) is 12.7. The van der Waals surface area contributed by atoms with Gasteiger partial charge in [-0.2, -0.15) is 0 Å². The highest BCUT2D eigenvalue weighted by atomic mass is 35.5. The summed E-state index contributed by atoms with van der Waals surface area (Å²) in [5.41, 5.74) is 0.872. The quantitative estimate of drug-likeness (QED) is 0.874. The van der Waals surface area contributed by atoms with Gasteiger partial charge in [0.05, 0.1) is 0 Å². The molecule has 3 rings (SSSR count). The lowest BCUT2D eigenvalue weighted by Gasteiger charge is -2.34. The Kier molecular flexibility index (Phi) is 5.93. The largest absolute Gasteiger partial charge is 0.368 e. The number of nitrogens with zero attached hydrogens (tertiary/aromatic N) is 3. The second-order valence-corrected chi connectivity index (χ2v) is 5.75. The Bertz CT molecular complexity index is 697. The third kappa shape index (κ3) is 3.58. The first-order valence-electron chi connectivity index (χ1n) is 7.66. The van der Waals surface area contributed by atoms with Gasteiger partial charge < -0.3 is 19.9 Å².